The monoisotopic (exact) mass is 204 g/mol. The maximum Gasteiger partial charge on any atom is 0.166 e. The van der Waals surface area contributed by atoms with Gasteiger partial charge in [0, 0.05) is 11.5 Å². The predicted molar refractivity (Wildman–Crippen MR) is 59.3 cm³/mol. The lowest BCUT2D eigenvalue weighted by molar-refractivity contribution is 0.0962. The third-order valence-corrected chi connectivity index (χ3v) is 3.13. The fraction of sp³-hybridized carbons (Fsp3) is 0.462. The molecule has 0 aromatic heterocycles. The lowest BCUT2D eigenvalue weighted by Crippen LogP contribution is -2.03. The largest absolute Gasteiger partial charge is 0.496 e. The topological polar surface area (TPSA) is 26.3 Å². The van der Waals surface area contributed by atoms with Crippen molar-refractivity contribution in [2.45, 2.75) is 20.3 Å². The number of hydrogen-bond acceptors (Lipinski definition) is 2. The SMILES string of the molecule is COc1ccc(C(=O)C2CC2C)cc1C. The van der Waals surface area contributed by atoms with Crippen molar-refractivity contribution in [2.75, 3.05) is 7.11 Å². The van der Waals surface area contributed by atoms with E-state index < -0.39 is 0 Å². The molecule has 2 heteroatoms. The molecule has 1 aromatic rings. The summed E-state index contributed by atoms with van der Waals surface area (Å²) < 4.78 is 5.17. The van der Waals surface area contributed by atoms with Crippen LogP contribution in [-0.4, -0.2) is 12.9 Å². The van der Waals surface area contributed by atoms with Gasteiger partial charge in [-0.05, 0) is 43.0 Å². The van der Waals surface area contributed by atoms with E-state index in [1.807, 2.05) is 25.1 Å². The Kier molecular flexibility index (Phi) is 2.51. The highest BCUT2D eigenvalue weighted by atomic mass is 16.5. The molecular weight excluding hydrogens is 188 g/mol. The predicted octanol–water partition coefficient (Wildman–Crippen LogP) is 2.84. The zero-order valence-corrected chi connectivity index (χ0v) is 9.41. The van der Waals surface area contributed by atoms with E-state index in [0.29, 0.717) is 5.92 Å². The van der Waals surface area contributed by atoms with Crippen molar-refractivity contribution in [1.29, 1.82) is 0 Å². The van der Waals surface area contributed by atoms with Gasteiger partial charge in [-0.15, -0.1) is 0 Å². The molecule has 0 amide bonds. The summed E-state index contributed by atoms with van der Waals surface area (Å²) in [6.07, 6.45) is 1.05. The number of rotatable bonds is 3. The molecular formula is C13H16O2. The van der Waals surface area contributed by atoms with E-state index in [9.17, 15) is 4.79 Å². The number of ether oxygens (including phenoxy) is 1. The Bertz CT molecular complexity index is 396. The number of ketones is 1. The zero-order chi connectivity index (χ0) is 11.0. The van der Waals surface area contributed by atoms with E-state index >= 15 is 0 Å². The molecule has 0 spiro atoms. The van der Waals surface area contributed by atoms with Crippen molar-refractivity contribution >= 4 is 5.78 Å². The molecule has 0 heterocycles. The smallest absolute Gasteiger partial charge is 0.166 e. The highest BCUT2D eigenvalue weighted by Crippen LogP contribution is 2.40. The third-order valence-electron chi connectivity index (χ3n) is 3.13. The lowest BCUT2D eigenvalue weighted by Gasteiger charge is -2.06. The van der Waals surface area contributed by atoms with Crippen LogP contribution in [0.1, 0.15) is 29.3 Å². The minimum absolute atomic E-state index is 0.262. The average molecular weight is 204 g/mol. The highest BCUT2D eigenvalue weighted by Gasteiger charge is 2.39. The van der Waals surface area contributed by atoms with E-state index in [2.05, 4.69) is 6.92 Å². The summed E-state index contributed by atoms with van der Waals surface area (Å²) in [5.41, 5.74) is 1.85. The summed E-state index contributed by atoms with van der Waals surface area (Å²) in [6, 6.07) is 5.65. The summed E-state index contributed by atoms with van der Waals surface area (Å²) in [5, 5.41) is 0. The van der Waals surface area contributed by atoms with E-state index in [1.165, 1.54) is 0 Å². The first kappa shape index (κ1) is 10.2. The highest BCUT2D eigenvalue weighted by molar-refractivity contribution is 5.99. The molecule has 2 rings (SSSR count). The van der Waals surface area contributed by atoms with E-state index in [4.69, 9.17) is 4.74 Å². The maximum atomic E-state index is 11.9. The third kappa shape index (κ3) is 1.89. The van der Waals surface area contributed by atoms with E-state index in [0.717, 1.165) is 23.3 Å². The van der Waals surface area contributed by atoms with Crippen LogP contribution in [-0.2, 0) is 0 Å². The lowest BCUT2D eigenvalue weighted by atomic mass is 10.0. The standard InChI is InChI=1S/C13H16O2/c1-8-7-11(8)13(14)10-4-5-12(15-3)9(2)6-10/h4-6,8,11H,7H2,1-3H3. The van der Waals surface area contributed by atoms with E-state index in [-0.39, 0.29) is 11.7 Å². The van der Waals surface area contributed by atoms with Crippen LogP contribution in [0.25, 0.3) is 0 Å². The van der Waals surface area contributed by atoms with Gasteiger partial charge >= 0.3 is 0 Å². The molecule has 0 saturated heterocycles. The van der Waals surface area contributed by atoms with Crippen LogP contribution in [0.4, 0.5) is 0 Å². The van der Waals surface area contributed by atoms with E-state index in [1.54, 1.807) is 7.11 Å². The van der Waals surface area contributed by atoms with Gasteiger partial charge in [0.15, 0.2) is 5.78 Å². The van der Waals surface area contributed by atoms with Crippen LogP contribution in [0.3, 0.4) is 0 Å². The molecule has 1 fully saturated rings. The summed E-state index contributed by atoms with van der Waals surface area (Å²) in [7, 11) is 1.65. The summed E-state index contributed by atoms with van der Waals surface area (Å²) in [6.45, 7) is 4.09. The quantitative estimate of drug-likeness (QED) is 0.708. The van der Waals surface area contributed by atoms with Gasteiger partial charge in [-0.1, -0.05) is 6.92 Å². The number of carbonyl (C=O) groups excluding carboxylic acids is 1. The molecule has 1 aliphatic carbocycles. The van der Waals surface area contributed by atoms with Gasteiger partial charge in [0.2, 0.25) is 0 Å². The number of hydrogen-bond donors (Lipinski definition) is 0. The Labute approximate surface area is 90.3 Å². The van der Waals surface area contributed by atoms with Crippen molar-refractivity contribution in [3.63, 3.8) is 0 Å². The van der Waals surface area contributed by atoms with Crippen molar-refractivity contribution in [3.8, 4) is 5.75 Å². The van der Waals surface area contributed by atoms with Crippen molar-refractivity contribution in [2.24, 2.45) is 11.8 Å². The molecule has 2 unspecified atom stereocenters. The first-order valence-corrected chi connectivity index (χ1v) is 5.32. The fourth-order valence-electron chi connectivity index (χ4n) is 1.93. The van der Waals surface area contributed by atoms with Gasteiger partial charge in [0.1, 0.15) is 5.75 Å². The first-order chi connectivity index (χ1) is 7.13. The molecule has 0 bridgehead atoms. The molecule has 1 aromatic carbocycles. The number of methoxy groups -OCH3 is 1. The van der Waals surface area contributed by atoms with Crippen LogP contribution in [0.5, 0.6) is 5.75 Å². The number of carbonyl (C=O) groups is 1. The van der Waals surface area contributed by atoms with Gasteiger partial charge in [0.25, 0.3) is 0 Å². The van der Waals surface area contributed by atoms with Crippen LogP contribution >= 0.6 is 0 Å². The van der Waals surface area contributed by atoms with Gasteiger partial charge in [-0.3, -0.25) is 4.79 Å². The van der Waals surface area contributed by atoms with Crippen LogP contribution in [0.15, 0.2) is 18.2 Å². The molecule has 80 valence electrons. The molecule has 0 aliphatic heterocycles. The summed E-state index contributed by atoms with van der Waals surface area (Å²) >= 11 is 0. The maximum absolute atomic E-state index is 11.9. The van der Waals surface area contributed by atoms with Gasteiger partial charge in [-0.25, -0.2) is 0 Å². The fourth-order valence-corrected chi connectivity index (χ4v) is 1.93. The van der Waals surface area contributed by atoms with Crippen LogP contribution in [0.2, 0.25) is 0 Å². The summed E-state index contributed by atoms with van der Waals surface area (Å²) in [4.78, 5) is 11.9. The second-order valence-electron chi connectivity index (χ2n) is 4.37. The van der Waals surface area contributed by atoms with Gasteiger partial charge in [0.05, 0.1) is 7.11 Å². The first-order valence-electron chi connectivity index (χ1n) is 5.32. The zero-order valence-electron chi connectivity index (χ0n) is 9.41. The normalized spacial score (nSPS) is 23.7. The van der Waals surface area contributed by atoms with Crippen LogP contribution < -0.4 is 4.74 Å². The Morgan fingerprint density at radius 2 is 2.13 bits per heavy atom. The molecule has 1 aliphatic rings. The molecule has 1 saturated carbocycles. The minimum Gasteiger partial charge on any atom is -0.496 e. The molecule has 15 heavy (non-hydrogen) atoms. The molecule has 2 atom stereocenters. The number of aryl methyl sites for hydroxylation is 1. The van der Waals surface area contributed by atoms with Crippen molar-refractivity contribution in [3.05, 3.63) is 29.3 Å². The summed E-state index contributed by atoms with van der Waals surface area (Å²) in [5.74, 6) is 1.96. The van der Waals surface area contributed by atoms with Crippen LogP contribution in [0, 0.1) is 18.8 Å². The second kappa shape index (κ2) is 3.69. The molecule has 0 N–H and O–H groups in total. The second-order valence-corrected chi connectivity index (χ2v) is 4.37. The number of Topliss-reactive ketones (excluding diaryl/α,β-unsaturated/α-hetero) is 1. The van der Waals surface area contributed by atoms with Gasteiger partial charge in [-0.2, -0.15) is 0 Å². The number of benzene rings is 1. The Morgan fingerprint density at radius 1 is 1.47 bits per heavy atom. The Balaban J connectivity index is 2.22. The Morgan fingerprint density at radius 3 is 2.60 bits per heavy atom. The van der Waals surface area contributed by atoms with Crippen molar-refractivity contribution in [1.82, 2.24) is 0 Å². The van der Waals surface area contributed by atoms with Crippen molar-refractivity contribution < 1.29 is 9.53 Å². The Hall–Kier alpha value is -1.31. The molecule has 0 radical (unpaired) electrons. The average Bonchev–Trinajstić information content (AvgIpc) is 2.94. The minimum atomic E-state index is 0.262. The molecule has 2 nitrogen and oxygen atoms in total. The van der Waals surface area contributed by atoms with Gasteiger partial charge < -0.3 is 4.74 Å².